The molecule has 1 heterocycles. The van der Waals surface area contributed by atoms with Crippen LogP contribution < -0.4 is 11.2 Å². The van der Waals surface area contributed by atoms with Gasteiger partial charge in [0.05, 0.1) is 11.2 Å². The summed E-state index contributed by atoms with van der Waals surface area (Å²) in [5.74, 6) is 0. The van der Waals surface area contributed by atoms with E-state index in [9.17, 15) is 5.11 Å². The smallest absolute Gasteiger partial charge is 0.311 e. The Morgan fingerprint density at radius 2 is 1.94 bits per heavy atom. The Hall–Kier alpha value is -1.07. The fourth-order valence-electron chi connectivity index (χ4n) is 1.03. The molecule has 1 aromatic heterocycles. The van der Waals surface area contributed by atoms with Crippen LogP contribution in [0.1, 0.15) is 27.7 Å². The second-order valence-corrected chi connectivity index (χ2v) is 4.98. The molecule has 0 amide bonds. The van der Waals surface area contributed by atoms with Gasteiger partial charge in [0, 0.05) is 18.1 Å². The van der Waals surface area contributed by atoms with Crippen molar-refractivity contribution in [1.82, 2.24) is 4.98 Å². The Labute approximate surface area is 97.1 Å². The minimum Gasteiger partial charge on any atom is -0.427 e. The zero-order chi connectivity index (χ0) is 12.4. The van der Waals surface area contributed by atoms with Gasteiger partial charge in [-0.05, 0) is 39.2 Å². The van der Waals surface area contributed by atoms with Crippen LogP contribution in [0.25, 0.3) is 0 Å². The van der Waals surface area contributed by atoms with Gasteiger partial charge in [-0.2, -0.15) is 0 Å². The molecule has 5 heteroatoms. The molecule has 0 aliphatic rings. The number of anilines is 1. The number of aromatic nitrogens is 1. The zero-order valence-electron chi connectivity index (χ0n) is 10.3. The number of pyridine rings is 1. The average molecular weight is 222 g/mol. The molecule has 0 aromatic carbocycles. The predicted molar refractivity (Wildman–Crippen MR) is 66.9 cm³/mol. The Kier molecular flexibility index (Phi) is 3.60. The van der Waals surface area contributed by atoms with Crippen molar-refractivity contribution in [3.8, 4) is 0 Å². The molecule has 0 atom stereocenters. The number of nitrogens with two attached hydrogens (primary N) is 1. The van der Waals surface area contributed by atoms with E-state index >= 15 is 0 Å². The van der Waals surface area contributed by atoms with Crippen LogP contribution in [-0.2, 0) is 4.65 Å². The summed E-state index contributed by atoms with van der Waals surface area (Å²) >= 11 is 0. The Bertz CT molecular complexity index is 361. The molecule has 0 unspecified atom stereocenters. The number of nitrogens with zero attached hydrogens (tertiary/aromatic N) is 1. The topological polar surface area (TPSA) is 68.4 Å². The van der Waals surface area contributed by atoms with E-state index in [1.54, 1.807) is 26.2 Å². The van der Waals surface area contributed by atoms with Crippen molar-refractivity contribution in [3.05, 3.63) is 18.5 Å². The van der Waals surface area contributed by atoms with Gasteiger partial charge >= 0.3 is 7.48 Å². The van der Waals surface area contributed by atoms with Crippen LogP contribution in [0.2, 0.25) is 0 Å². The van der Waals surface area contributed by atoms with Gasteiger partial charge in [-0.3, -0.25) is 4.98 Å². The highest BCUT2D eigenvalue weighted by Crippen LogP contribution is 2.24. The van der Waals surface area contributed by atoms with E-state index in [-0.39, 0.29) is 0 Å². The molecule has 0 spiro atoms. The third-order valence-electron chi connectivity index (χ3n) is 2.89. The Balaban J connectivity index is 2.65. The number of nitrogen functional groups attached to an aromatic ring is 1. The number of hydrogen-bond acceptors (Lipinski definition) is 4. The van der Waals surface area contributed by atoms with Crippen LogP contribution in [0.3, 0.4) is 0 Å². The summed E-state index contributed by atoms with van der Waals surface area (Å²) in [6, 6.07) is 1.81. The molecule has 0 aliphatic heterocycles. The fraction of sp³-hybridized carbons (Fsp3) is 0.545. The van der Waals surface area contributed by atoms with Gasteiger partial charge in [0.15, 0.2) is 0 Å². The summed E-state index contributed by atoms with van der Waals surface area (Å²) < 4.78 is 5.69. The standard InChI is InChI=1S/C11H19BN2O2/c1-10(2,15)11(3,4)16-12-8-5-9(13)7-14-6-8/h5-7,12,15H,13H2,1-4H3. The maximum absolute atomic E-state index is 9.91. The van der Waals surface area contributed by atoms with Gasteiger partial charge in [0.1, 0.15) is 0 Å². The van der Waals surface area contributed by atoms with E-state index in [0.717, 1.165) is 5.46 Å². The summed E-state index contributed by atoms with van der Waals surface area (Å²) in [6.45, 7) is 7.16. The first kappa shape index (κ1) is 13.0. The minimum absolute atomic E-state index is 0.384. The van der Waals surface area contributed by atoms with Crippen LogP contribution >= 0.6 is 0 Å². The second kappa shape index (κ2) is 4.43. The highest BCUT2D eigenvalue weighted by molar-refractivity contribution is 6.47. The van der Waals surface area contributed by atoms with Crippen LogP contribution in [0.15, 0.2) is 18.5 Å². The Morgan fingerprint density at radius 1 is 1.31 bits per heavy atom. The van der Waals surface area contributed by atoms with Gasteiger partial charge < -0.3 is 15.5 Å². The molecule has 0 bridgehead atoms. The normalized spacial score (nSPS) is 12.6. The van der Waals surface area contributed by atoms with E-state index in [0.29, 0.717) is 13.2 Å². The van der Waals surface area contributed by atoms with Crippen molar-refractivity contribution >= 4 is 18.6 Å². The van der Waals surface area contributed by atoms with Crippen molar-refractivity contribution in [2.24, 2.45) is 0 Å². The quantitative estimate of drug-likeness (QED) is 0.714. The average Bonchev–Trinajstić information content (AvgIpc) is 2.13. The van der Waals surface area contributed by atoms with Gasteiger partial charge in [-0.25, -0.2) is 0 Å². The SMILES string of the molecule is CC(C)(O)C(C)(C)OBc1cncc(N)c1. The van der Waals surface area contributed by atoms with Gasteiger partial charge in [-0.1, -0.05) is 0 Å². The van der Waals surface area contributed by atoms with Crippen molar-refractivity contribution < 1.29 is 9.76 Å². The molecule has 88 valence electrons. The van der Waals surface area contributed by atoms with E-state index in [1.165, 1.54) is 0 Å². The lowest BCUT2D eigenvalue weighted by Gasteiger charge is -2.37. The molecule has 1 aromatic rings. The van der Waals surface area contributed by atoms with Crippen molar-refractivity contribution in [2.75, 3.05) is 5.73 Å². The first-order valence-electron chi connectivity index (χ1n) is 5.28. The molecule has 3 N–H and O–H groups in total. The van der Waals surface area contributed by atoms with Crippen molar-refractivity contribution in [2.45, 2.75) is 38.9 Å². The van der Waals surface area contributed by atoms with Gasteiger partial charge in [0.2, 0.25) is 0 Å². The molecule has 1 rings (SSSR count). The minimum atomic E-state index is -0.902. The summed E-state index contributed by atoms with van der Waals surface area (Å²) in [5, 5.41) is 9.91. The molecule has 0 aliphatic carbocycles. The third-order valence-corrected chi connectivity index (χ3v) is 2.89. The predicted octanol–water partition coefficient (Wildman–Crippen LogP) is 0.207. The molecule has 16 heavy (non-hydrogen) atoms. The lowest BCUT2D eigenvalue weighted by atomic mass is 9.83. The highest BCUT2D eigenvalue weighted by atomic mass is 16.5. The third kappa shape index (κ3) is 3.22. The Morgan fingerprint density at radius 3 is 2.44 bits per heavy atom. The molecule has 0 fully saturated rings. The maximum atomic E-state index is 9.91. The fourth-order valence-corrected chi connectivity index (χ4v) is 1.03. The van der Waals surface area contributed by atoms with Crippen LogP contribution in [0, 0.1) is 0 Å². The van der Waals surface area contributed by atoms with E-state index in [1.807, 2.05) is 19.9 Å². The summed E-state index contributed by atoms with van der Waals surface area (Å²) in [6.07, 6.45) is 3.29. The van der Waals surface area contributed by atoms with E-state index < -0.39 is 11.2 Å². The van der Waals surface area contributed by atoms with Gasteiger partial charge in [0.25, 0.3) is 0 Å². The monoisotopic (exact) mass is 222 g/mol. The first-order chi connectivity index (χ1) is 7.22. The van der Waals surface area contributed by atoms with Crippen molar-refractivity contribution in [3.63, 3.8) is 0 Å². The second-order valence-electron chi connectivity index (χ2n) is 4.98. The number of aliphatic hydroxyl groups is 1. The largest absolute Gasteiger partial charge is 0.427 e. The summed E-state index contributed by atoms with van der Waals surface area (Å²) in [4.78, 5) is 3.98. The number of hydrogen-bond donors (Lipinski definition) is 2. The summed E-state index contributed by atoms with van der Waals surface area (Å²) in [5.41, 5.74) is 5.60. The van der Waals surface area contributed by atoms with Gasteiger partial charge in [-0.15, -0.1) is 0 Å². The lowest BCUT2D eigenvalue weighted by molar-refractivity contribution is -0.0893. The molecular weight excluding hydrogens is 203 g/mol. The molecule has 0 saturated carbocycles. The van der Waals surface area contributed by atoms with Crippen LogP contribution in [-0.4, -0.2) is 28.8 Å². The maximum Gasteiger partial charge on any atom is 0.311 e. The van der Waals surface area contributed by atoms with Crippen molar-refractivity contribution in [1.29, 1.82) is 0 Å². The van der Waals surface area contributed by atoms with Crippen LogP contribution in [0.4, 0.5) is 5.69 Å². The highest BCUT2D eigenvalue weighted by Gasteiger charge is 2.35. The van der Waals surface area contributed by atoms with Crippen LogP contribution in [0.5, 0.6) is 0 Å². The van der Waals surface area contributed by atoms with E-state index in [2.05, 4.69) is 4.98 Å². The number of rotatable bonds is 4. The molecule has 0 radical (unpaired) electrons. The molecule has 0 saturated heterocycles. The van der Waals surface area contributed by atoms with E-state index in [4.69, 9.17) is 10.4 Å². The molecular formula is C11H19BN2O2. The molecule has 4 nitrogen and oxygen atoms in total. The first-order valence-corrected chi connectivity index (χ1v) is 5.28. The lowest BCUT2D eigenvalue weighted by Crippen LogP contribution is -2.49. The zero-order valence-corrected chi connectivity index (χ0v) is 10.3. The summed E-state index contributed by atoms with van der Waals surface area (Å²) in [7, 11) is 0.384.